The van der Waals surface area contributed by atoms with E-state index in [1.807, 2.05) is 6.07 Å². The van der Waals surface area contributed by atoms with E-state index in [2.05, 4.69) is 32.2 Å². The Balaban J connectivity index is 1.22. The summed E-state index contributed by atoms with van der Waals surface area (Å²) in [7, 11) is 0. The van der Waals surface area contributed by atoms with Crippen LogP contribution in [0.5, 0.6) is 11.5 Å². The number of nitrogens with one attached hydrogen (secondary N) is 1. The normalized spacial score (nSPS) is 17.2. The highest BCUT2D eigenvalue weighted by molar-refractivity contribution is 5.93. The van der Waals surface area contributed by atoms with Crippen molar-refractivity contribution in [2.45, 2.75) is 6.54 Å². The van der Waals surface area contributed by atoms with Crippen LogP contribution in [0.15, 0.2) is 42.7 Å². The Kier molecular flexibility index (Phi) is 4.99. The quantitative estimate of drug-likeness (QED) is 0.873. The molecule has 0 bridgehead atoms. The van der Waals surface area contributed by atoms with Crippen molar-refractivity contribution < 1.29 is 14.3 Å². The third-order valence-electron chi connectivity index (χ3n) is 4.70. The number of fused-ring (bicyclic) bond motifs is 1. The van der Waals surface area contributed by atoms with Crippen LogP contribution in [0.2, 0.25) is 0 Å². The first-order valence-corrected chi connectivity index (χ1v) is 8.79. The van der Waals surface area contributed by atoms with E-state index in [4.69, 9.17) is 9.47 Å². The second kappa shape index (κ2) is 7.72. The van der Waals surface area contributed by atoms with Crippen molar-refractivity contribution in [1.29, 1.82) is 0 Å². The molecule has 26 heavy (non-hydrogen) atoms. The summed E-state index contributed by atoms with van der Waals surface area (Å²) in [6.07, 6.45) is 3.24. The van der Waals surface area contributed by atoms with Crippen molar-refractivity contribution in [2.24, 2.45) is 0 Å². The maximum atomic E-state index is 12.1. The number of piperazine rings is 1. The van der Waals surface area contributed by atoms with E-state index in [0.717, 1.165) is 44.2 Å². The van der Waals surface area contributed by atoms with Crippen LogP contribution in [-0.2, 0) is 6.54 Å². The lowest BCUT2D eigenvalue weighted by Crippen LogP contribution is -2.49. The van der Waals surface area contributed by atoms with Crippen LogP contribution < -0.4 is 14.8 Å². The van der Waals surface area contributed by atoms with Gasteiger partial charge in [-0.2, -0.15) is 0 Å². The number of hydrogen-bond acceptors (Lipinski definition) is 6. The number of ether oxygens (including phenoxy) is 2. The summed E-state index contributed by atoms with van der Waals surface area (Å²) in [4.78, 5) is 20.7. The summed E-state index contributed by atoms with van der Waals surface area (Å²) < 4.78 is 10.8. The van der Waals surface area contributed by atoms with Gasteiger partial charge in [-0.25, -0.2) is 0 Å². The molecule has 1 aromatic carbocycles. The Morgan fingerprint density at radius 1 is 1.08 bits per heavy atom. The number of carbonyl (C=O) groups excluding carboxylic acids is 1. The number of nitrogens with zero attached hydrogens (tertiary/aromatic N) is 3. The molecule has 0 saturated carbocycles. The van der Waals surface area contributed by atoms with Crippen molar-refractivity contribution in [3.05, 3.63) is 53.9 Å². The van der Waals surface area contributed by atoms with Crippen molar-refractivity contribution >= 4 is 5.91 Å². The predicted octanol–water partition coefficient (Wildman–Crippen LogP) is 1.32. The Hall–Kier alpha value is -2.64. The zero-order chi connectivity index (χ0) is 17.8. The van der Waals surface area contributed by atoms with E-state index in [1.54, 1.807) is 24.5 Å². The van der Waals surface area contributed by atoms with Gasteiger partial charge in [0.05, 0.1) is 12.2 Å². The summed E-state index contributed by atoms with van der Waals surface area (Å²) in [5.74, 6) is 1.57. The van der Waals surface area contributed by atoms with E-state index in [1.165, 1.54) is 5.56 Å². The second-order valence-corrected chi connectivity index (χ2v) is 6.49. The smallest absolute Gasteiger partial charge is 0.253 e. The third kappa shape index (κ3) is 3.95. The zero-order valence-electron chi connectivity index (χ0n) is 14.6. The lowest BCUT2D eigenvalue weighted by atomic mass is 10.1. The molecule has 2 aliphatic heterocycles. The molecule has 3 heterocycles. The Labute approximate surface area is 152 Å². The molecule has 4 rings (SSSR count). The summed E-state index contributed by atoms with van der Waals surface area (Å²) in [5.41, 5.74) is 1.82. The molecule has 1 amide bonds. The number of amides is 1. The van der Waals surface area contributed by atoms with Gasteiger partial charge in [0, 0.05) is 45.1 Å². The molecule has 7 nitrogen and oxygen atoms in total. The molecule has 0 radical (unpaired) electrons. The molecular formula is C19H22N4O3. The first kappa shape index (κ1) is 16.8. The van der Waals surface area contributed by atoms with Gasteiger partial charge >= 0.3 is 0 Å². The summed E-state index contributed by atoms with van der Waals surface area (Å²) in [6, 6.07) is 9.66. The molecule has 1 N–H and O–H groups in total. The molecule has 2 aliphatic rings. The van der Waals surface area contributed by atoms with E-state index in [9.17, 15) is 4.79 Å². The molecular weight excluding hydrogens is 332 g/mol. The Morgan fingerprint density at radius 2 is 1.88 bits per heavy atom. The van der Waals surface area contributed by atoms with Gasteiger partial charge in [0.2, 0.25) is 6.79 Å². The molecule has 1 fully saturated rings. The monoisotopic (exact) mass is 354 g/mol. The van der Waals surface area contributed by atoms with Crippen molar-refractivity contribution in [1.82, 2.24) is 20.1 Å². The SMILES string of the molecule is O=C(NCN1CCN(Cc2ccc3c(c2)OCO3)CC1)c1cccnc1. The highest BCUT2D eigenvalue weighted by Crippen LogP contribution is 2.32. The van der Waals surface area contributed by atoms with Gasteiger partial charge in [0.25, 0.3) is 5.91 Å². The average Bonchev–Trinajstić information content (AvgIpc) is 3.16. The summed E-state index contributed by atoms with van der Waals surface area (Å²) in [6.45, 7) is 5.56. The number of aromatic nitrogens is 1. The van der Waals surface area contributed by atoms with Crippen molar-refractivity contribution in [3.63, 3.8) is 0 Å². The lowest BCUT2D eigenvalue weighted by molar-refractivity contribution is 0.0864. The number of carbonyl (C=O) groups is 1. The predicted molar refractivity (Wildman–Crippen MR) is 96.0 cm³/mol. The van der Waals surface area contributed by atoms with Gasteiger partial charge in [-0.1, -0.05) is 6.07 Å². The van der Waals surface area contributed by atoms with Crippen molar-refractivity contribution in [3.8, 4) is 11.5 Å². The van der Waals surface area contributed by atoms with E-state index < -0.39 is 0 Å². The number of pyridine rings is 1. The van der Waals surface area contributed by atoms with Crippen LogP contribution in [-0.4, -0.2) is 60.3 Å². The number of benzene rings is 1. The van der Waals surface area contributed by atoms with E-state index >= 15 is 0 Å². The molecule has 1 aromatic heterocycles. The fourth-order valence-electron chi connectivity index (χ4n) is 3.19. The number of hydrogen-bond donors (Lipinski definition) is 1. The van der Waals surface area contributed by atoms with Crippen LogP contribution in [0.1, 0.15) is 15.9 Å². The summed E-state index contributed by atoms with van der Waals surface area (Å²) >= 11 is 0. The van der Waals surface area contributed by atoms with Gasteiger partial charge in [-0.3, -0.25) is 19.6 Å². The molecule has 7 heteroatoms. The highest BCUT2D eigenvalue weighted by Gasteiger charge is 2.19. The Bertz CT molecular complexity index is 761. The lowest BCUT2D eigenvalue weighted by Gasteiger charge is -2.34. The van der Waals surface area contributed by atoms with Crippen LogP contribution in [0.25, 0.3) is 0 Å². The molecule has 1 saturated heterocycles. The molecule has 2 aromatic rings. The molecule has 0 atom stereocenters. The molecule has 0 spiro atoms. The van der Waals surface area contributed by atoms with Crippen LogP contribution in [0, 0.1) is 0 Å². The first-order valence-electron chi connectivity index (χ1n) is 8.79. The first-order chi connectivity index (χ1) is 12.8. The van der Waals surface area contributed by atoms with Crippen LogP contribution in [0.4, 0.5) is 0 Å². The molecule has 0 aliphatic carbocycles. The van der Waals surface area contributed by atoms with Crippen molar-refractivity contribution in [2.75, 3.05) is 39.6 Å². The maximum Gasteiger partial charge on any atom is 0.253 e. The molecule has 0 unspecified atom stereocenters. The Morgan fingerprint density at radius 3 is 2.69 bits per heavy atom. The molecule has 136 valence electrons. The van der Waals surface area contributed by atoms with Crippen LogP contribution in [0.3, 0.4) is 0 Å². The minimum Gasteiger partial charge on any atom is -0.454 e. The van der Waals surface area contributed by atoms with Gasteiger partial charge in [0.15, 0.2) is 11.5 Å². The maximum absolute atomic E-state index is 12.1. The van der Waals surface area contributed by atoms with Gasteiger partial charge in [-0.15, -0.1) is 0 Å². The number of rotatable bonds is 5. The highest BCUT2D eigenvalue weighted by atomic mass is 16.7. The minimum atomic E-state index is -0.0825. The fraction of sp³-hybridized carbons (Fsp3) is 0.368. The average molecular weight is 354 g/mol. The minimum absolute atomic E-state index is 0.0825. The second-order valence-electron chi connectivity index (χ2n) is 6.49. The van der Waals surface area contributed by atoms with Gasteiger partial charge < -0.3 is 14.8 Å². The van der Waals surface area contributed by atoms with Gasteiger partial charge in [-0.05, 0) is 29.8 Å². The zero-order valence-corrected chi connectivity index (χ0v) is 14.6. The van der Waals surface area contributed by atoms with Gasteiger partial charge in [0.1, 0.15) is 0 Å². The van der Waals surface area contributed by atoms with E-state index in [-0.39, 0.29) is 5.91 Å². The standard InChI is InChI=1S/C19H22N4O3/c24-19(16-2-1-5-20-11-16)21-13-23-8-6-22(7-9-23)12-15-3-4-17-18(10-15)26-14-25-17/h1-5,10-11H,6-9,12-14H2,(H,21,24). The fourth-order valence-corrected chi connectivity index (χ4v) is 3.19. The topological polar surface area (TPSA) is 66.9 Å². The van der Waals surface area contributed by atoms with E-state index in [0.29, 0.717) is 19.0 Å². The van der Waals surface area contributed by atoms with Crippen LogP contribution >= 0.6 is 0 Å². The third-order valence-corrected chi connectivity index (χ3v) is 4.70. The summed E-state index contributed by atoms with van der Waals surface area (Å²) in [5, 5.41) is 2.96. The largest absolute Gasteiger partial charge is 0.454 e.